The van der Waals surface area contributed by atoms with Gasteiger partial charge < -0.3 is 9.47 Å². The first-order valence-electron chi connectivity index (χ1n) is 6.83. The fourth-order valence-corrected chi connectivity index (χ4v) is 2.67. The lowest BCUT2D eigenvalue weighted by Crippen LogP contribution is -2.23. The van der Waals surface area contributed by atoms with Gasteiger partial charge in [0.2, 0.25) is 0 Å². The average Bonchev–Trinajstić information content (AvgIpc) is 3.09. The van der Waals surface area contributed by atoms with Crippen LogP contribution in [0.3, 0.4) is 0 Å². The molecular formula is C14H19N5. The Morgan fingerprint density at radius 1 is 1.42 bits per heavy atom. The highest BCUT2D eigenvalue weighted by Gasteiger charge is 2.25. The van der Waals surface area contributed by atoms with Crippen molar-refractivity contribution in [2.24, 2.45) is 0 Å². The Morgan fingerprint density at radius 3 is 3.05 bits per heavy atom. The fourth-order valence-electron chi connectivity index (χ4n) is 2.67. The van der Waals surface area contributed by atoms with Crippen molar-refractivity contribution in [3.8, 4) is 0 Å². The maximum atomic E-state index is 4.63. The first kappa shape index (κ1) is 12.1. The summed E-state index contributed by atoms with van der Waals surface area (Å²) in [5, 5.41) is 0. The first-order valence-corrected chi connectivity index (χ1v) is 6.83. The van der Waals surface area contributed by atoms with Gasteiger partial charge in [0.05, 0.1) is 12.4 Å². The molecule has 1 atom stereocenters. The molecule has 0 radical (unpaired) electrons. The summed E-state index contributed by atoms with van der Waals surface area (Å²) in [6.07, 6.45) is 9.86. The Balaban J connectivity index is 1.83. The summed E-state index contributed by atoms with van der Waals surface area (Å²) >= 11 is 0. The van der Waals surface area contributed by atoms with Crippen molar-refractivity contribution in [1.29, 1.82) is 0 Å². The van der Waals surface area contributed by atoms with Gasteiger partial charge in [-0.25, -0.2) is 15.0 Å². The van der Waals surface area contributed by atoms with Gasteiger partial charge in [-0.3, -0.25) is 0 Å². The van der Waals surface area contributed by atoms with Gasteiger partial charge in [-0.15, -0.1) is 0 Å². The van der Waals surface area contributed by atoms with Crippen LogP contribution in [0.15, 0.2) is 24.9 Å². The Labute approximate surface area is 113 Å². The number of hydrogen-bond donors (Lipinski definition) is 0. The van der Waals surface area contributed by atoms with Crippen LogP contribution in [0.1, 0.15) is 30.8 Å². The van der Waals surface area contributed by atoms with Gasteiger partial charge in [0.15, 0.2) is 0 Å². The number of imidazole rings is 1. The molecule has 1 saturated heterocycles. The lowest BCUT2D eigenvalue weighted by Gasteiger charge is -2.20. The molecule has 2 aromatic heterocycles. The van der Waals surface area contributed by atoms with E-state index in [1.165, 1.54) is 5.56 Å². The van der Waals surface area contributed by atoms with Crippen molar-refractivity contribution >= 4 is 5.82 Å². The summed E-state index contributed by atoms with van der Waals surface area (Å²) in [7, 11) is 0. The molecule has 100 valence electrons. The van der Waals surface area contributed by atoms with Crippen LogP contribution in [0.25, 0.3) is 0 Å². The van der Waals surface area contributed by atoms with Crippen LogP contribution in [-0.4, -0.2) is 32.6 Å². The van der Waals surface area contributed by atoms with Crippen molar-refractivity contribution < 1.29 is 0 Å². The molecule has 0 aliphatic carbocycles. The van der Waals surface area contributed by atoms with Crippen LogP contribution in [0.4, 0.5) is 5.82 Å². The van der Waals surface area contributed by atoms with Crippen LogP contribution in [-0.2, 0) is 6.42 Å². The minimum absolute atomic E-state index is 0.502. The second kappa shape index (κ2) is 4.99. The molecule has 0 amide bonds. The highest BCUT2D eigenvalue weighted by molar-refractivity contribution is 5.47. The predicted octanol–water partition coefficient (Wildman–Crippen LogP) is 2.00. The van der Waals surface area contributed by atoms with Crippen molar-refractivity contribution in [3.63, 3.8) is 0 Å². The molecule has 0 N–H and O–H groups in total. The first-order chi connectivity index (χ1) is 9.28. The van der Waals surface area contributed by atoms with Crippen LogP contribution in [0.5, 0.6) is 0 Å². The predicted molar refractivity (Wildman–Crippen MR) is 74.2 cm³/mol. The van der Waals surface area contributed by atoms with E-state index in [0.29, 0.717) is 6.04 Å². The third-order valence-electron chi connectivity index (χ3n) is 3.75. The number of hydrogen-bond acceptors (Lipinski definition) is 4. The molecule has 0 unspecified atom stereocenters. The maximum absolute atomic E-state index is 4.63. The van der Waals surface area contributed by atoms with E-state index in [0.717, 1.165) is 37.6 Å². The summed E-state index contributed by atoms with van der Waals surface area (Å²) in [5.41, 5.74) is 1.23. The van der Waals surface area contributed by atoms with Crippen LogP contribution >= 0.6 is 0 Å². The average molecular weight is 257 g/mol. The van der Waals surface area contributed by atoms with Crippen LogP contribution in [0, 0.1) is 6.92 Å². The molecule has 1 fully saturated rings. The molecule has 5 heteroatoms. The van der Waals surface area contributed by atoms with Crippen LogP contribution < -0.4 is 4.90 Å². The van der Waals surface area contributed by atoms with Gasteiger partial charge in [-0.2, -0.15) is 0 Å². The second-order valence-electron chi connectivity index (χ2n) is 5.02. The normalized spacial score (nSPS) is 19.1. The third-order valence-corrected chi connectivity index (χ3v) is 3.75. The number of nitrogens with zero attached hydrogens (tertiary/aromatic N) is 5. The van der Waals surface area contributed by atoms with Crippen molar-refractivity contribution in [2.45, 2.75) is 32.7 Å². The highest BCUT2D eigenvalue weighted by atomic mass is 15.3. The van der Waals surface area contributed by atoms with E-state index in [-0.39, 0.29) is 0 Å². The molecule has 2 aromatic rings. The minimum atomic E-state index is 0.502. The van der Waals surface area contributed by atoms with E-state index in [4.69, 9.17) is 0 Å². The third kappa shape index (κ3) is 2.32. The molecule has 19 heavy (non-hydrogen) atoms. The second-order valence-corrected chi connectivity index (χ2v) is 5.02. The van der Waals surface area contributed by atoms with E-state index < -0.39 is 0 Å². The molecule has 3 heterocycles. The van der Waals surface area contributed by atoms with Gasteiger partial charge >= 0.3 is 0 Å². The van der Waals surface area contributed by atoms with E-state index in [1.807, 2.05) is 31.8 Å². The lowest BCUT2D eigenvalue weighted by molar-refractivity contribution is 0.551. The minimum Gasteiger partial charge on any atom is -0.354 e. The summed E-state index contributed by atoms with van der Waals surface area (Å²) in [5.74, 6) is 1.95. The highest BCUT2D eigenvalue weighted by Crippen LogP contribution is 2.27. The maximum Gasteiger partial charge on any atom is 0.135 e. The Bertz CT molecular complexity index is 549. The van der Waals surface area contributed by atoms with Gasteiger partial charge in [-0.1, -0.05) is 6.92 Å². The van der Waals surface area contributed by atoms with Crippen molar-refractivity contribution in [3.05, 3.63) is 36.3 Å². The zero-order chi connectivity index (χ0) is 13.2. The van der Waals surface area contributed by atoms with E-state index in [1.54, 1.807) is 0 Å². The Kier molecular flexibility index (Phi) is 3.19. The van der Waals surface area contributed by atoms with E-state index in [2.05, 4.69) is 31.3 Å². The molecule has 0 bridgehead atoms. The largest absolute Gasteiger partial charge is 0.354 e. The summed E-state index contributed by atoms with van der Waals surface area (Å²) in [6.45, 7) is 6.15. The molecule has 5 nitrogen and oxygen atoms in total. The standard InChI is InChI=1S/C14H19N5/c1-3-12-8-16-11(2)17-14(12)18-6-4-13(9-18)19-7-5-15-10-19/h5,7-8,10,13H,3-4,6,9H2,1-2H3/t13-/m1/s1. The smallest absolute Gasteiger partial charge is 0.135 e. The molecule has 1 aliphatic rings. The molecule has 0 saturated carbocycles. The molecule has 0 spiro atoms. The molecule has 3 rings (SSSR count). The summed E-state index contributed by atoms with van der Waals surface area (Å²) in [4.78, 5) is 15.4. The zero-order valence-corrected chi connectivity index (χ0v) is 11.5. The summed E-state index contributed by atoms with van der Waals surface area (Å²) in [6, 6.07) is 0.502. The quantitative estimate of drug-likeness (QED) is 0.843. The molecule has 1 aliphatic heterocycles. The van der Waals surface area contributed by atoms with E-state index in [9.17, 15) is 0 Å². The fraction of sp³-hybridized carbons (Fsp3) is 0.500. The Morgan fingerprint density at radius 2 is 2.32 bits per heavy atom. The SMILES string of the molecule is CCc1cnc(C)nc1N1CC[C@@H](n2ccnc2)C1. The van der Waals surface area contributed by atoms with Crippen LogP contribution in [0.2, 0.25) is 0 Å². The molecule has 0 aromatic carbocycles. The van der Waals surface area contributed by atoms with Gasteiger partial charge in [0.25, 0.3) is 0 Å². The summed E-state index contributed by atoms with van der Waals surface area (Å²) < 4.78 is 2.19. The lowest BCUT2D eigenvalue weighted by atomic mass is 10.2. The number of aryl methyl sites for hydroxylation is 2. The number of aromatic nitrogens is 4. The van der Waals surface area contributed by atoms with Crippen molar-refractivity contribution in [1.82, 2.24) is 19.5 Å². The monoisotopic (exact) mass is 257 g/mol. The van der Waals surface area contributed by atoms with Gasteiger partial charge in [0.1, 0.15) is 11.6 Å². The molecular weight excluding hydrogens is 238 g/mol. The topological polar surface area (TPSA) is 46.8 Å². The Hall–Kier alpha value is -1.91. The van der Waals surface area contributed by atoms with E-state index >= 15 is 0 Å². The van der Waals surface area contributed by atoms with Gasteiger partial charge in [-0.05, 0) is 19.8 Å². The number of rotatable bonds is 3. The van der Waals surface area contributed by atoms with Crippen molar-refractivity contribution in [2.75, 3.05) is 18.0 Å². The zero-order valence-electron chi connectivity index (χ0n) is 11.5. The number of anilines is 1. The van der Waals surface area contributed by atoms with Gasteiger partial charge in [0, 0.05) is 37.2 Å².